The van der Waals surface area contributed by atoms with Crippen LogP contribution < -0.4 is 0 Å². The minimum atomic E-state index is -0.190. The van der Waals surface area contributed by atoms with Crippen LogP contribution in [0.4, 0.5) is 0 Å². The number of Topliss-reactive ketones (excluding diaryl/α,β-unsaturated/α-hetero) is 1. The molecule has 0 unspecified atom stereocenters. The Labute approximate surface area is 145 Å². The van der Waals surface area contributed by atoms with Crippen LogP contribution >= 0.6 is 0 Å². The Morgan fingerprint density at radius 1 is 1.33 bits per heavy atom. The summed E-state index contributed by atoms with van der Waals surface area (Å²) in [7, 11) is 1.51. The highest BCUT2D eigenvalue weighted by Gasteiger charge is 2.15. The first-order valence-corrected chi connectivity index (χ1v) is 7.24. The third-order valence-electron chi connectivity index (χ3n) is 2.57. The lowest BCUT2D eigenvalue weighted by Gasteiger charge is -2.07. The third-order valence-corrected chi connectivity index (χ3v) is 2.57. The van der Waals surface area contributed by atoms with Crippen molar-refractivity contribution in [1.29, 1.82) is 0 Å². The van der Waals surface area contributed by atoms with E-state index >= 15 is 0 Å². The maximum absolute atomic E-state index is 12.4. The lowest BCUT2D eigenvalue weighted by molar-refractivity contribution is 0.103. The molecule has 4 heteroatoms. The number of terminal acetylenes is 1. The van der Waals surface area contributed by atoms with Crippen molar-refractivity contribution in [3.63, 3.8) is 0 Å². The van der Waals surface area contributed by atoms with Crippen molar-refractivity contribution in [3.8, 4) is 12.8 Å². The van der Waals surface area contributed by atoms with E-state index < -0.39 is 0 Å². The maximum Gasteiger partial charge on any atom is 0.213 e. The molecule has 128 valence electrons. The van der Waals surface area contributed by atoms with E-state index in [0.29, 0.717) is 22.9 Å². The monoisotopic (exact) mass is 326 g/mol. The van der Waals surface area contributed by atoms with E-state index in [9.17, 15) is 4.79 Å². The number of allylic oxidation sites excluding steroid dienone is 3. The quantitative estimate of drug-likeness (QED) is 0.202. The molecule has 0 spiro atoms. The van der Waals surface area contributed by atoms with Crippen LogP contribution in [-0.4, -0.2) is 23.8 Å². The van der Waals surface area contributed by atoms with Crippen molar-refractivity contribution in [3.05, 3.63) is 60.1 Å². The highest BCUT2D eigenvalue weighted by molar-refractivity contribution is 6.11. The molecule has 0 aliphatic carbocycles. The van der Waals surface area contributed by atoms with Gasteiger partial charge in [0.15, 0.2) is 5.90 Å². The van der Waals surface area contributed by atoms with Crippen molar-refractivity contribution in [2.75, 3.05) is 7.11 Å². The Bertz CT molecular complexity index is 638. The van der Waals surface area contributed by atoms with Gasteiger partial charge in [-0.2, -0.15) is 0 Å². The topological polar surface area (TPSA) is 51.5 Å². The molecule has 24 heavy (non-hydrogen) atoms. The highest BCUT2D eigenvalue weighted by atomic mass is 16.5. The fraction of sp³-hybridized carbons (Fsp3) is 0.250. The molecule has 1 aromatic rings. The Kier molecular flexibility index (Phi) is 13.3. The zero-order valence-electron chi connectivity index (χ0n) is 15.2. The molecule has 0 aromatic carbocycles. The SMILES string of the molecule is C#C.C=CC.C=Cc1ncc(C)cc1C(=O)/C(=C/C)N=C(C)OC. The molecule has 0 aliphatic rings. The number of hydrogen-bond acceptors (Lipinski definition) is 4. The van der Waals surface area contributed by atoms with Gasteiger partial charge >= 0.3 is 0 Å². The van der Waals surface area contributed by atoms with Gasteiger partial charge in [0.2, 0.25) is 5.78 Å². The summed E-state index contributed by atoms with van der Waals surface area (Å²) in [5.41, 5.74) is 2.29. The van der Waals surface area contributed by atoms with Crippen LogP contribution in [0, 0.1) is 19.8 Å². The van der Waals surface area contributed by atoms with E-state index in [2.05, 4.69) is 36.0 Å². The van der Waals surface area contributed by atoms with Crippen LogP contribution in [0.15, 0.2) is 48.3 Å². The normalized spacial score (nSPS) is 10.3. The molecule has 0 saturated carbocycles. The summed E-state index contributed by atoms with van der Waals surface area (Å²) in [6, 6.07) is 1.79. The molecule has 1 heterocycles. The highest BCUT2D eigenvalue weighted by Crippen LogP contribution is 2.16. The molecule has 4 nitrogen and oxygen atoms in total. The molecule has 0 fully saturated rings. The first kappa shape index (κ1) is 23.3. The number of aliphatic imine (C=N–C) groups is 1. The van der Waals surface area contributed by atoms with Gasteiger partial charge in [-0.05, 0) is 38.5 Å². The standard InChI is InChI=1S/C15H18N2O2.C3H6.C2H2/c1-6-13-12(8-10(3)9-16-13)15(18)14(7-2)17-11(4)19-5;1-3-2;1-2/h6-9H,1H2,2-5H3;3H,1H2,2H3;1-2H/b14-7-,17-11?;;. The molecular weight excluding hydrogens is 300 g/mol. The van der Waals surface area contributed by atoms with Crippen molar-refractivity contribution in [2.45, 2.75) is 27.7 Å². The number of carbonyl (C=O) groups excluding carboxylic acids is 1. The van der Waals surface area contributed by atoms with Crippen molar-refractivity contribution < 1.29 is 9.53 Å². The van der Waals surface area contributed by atoms with Gasteiger partial charge in [-0.25, -0.2) is 4.99 Å². The van der Waals surface area contributed by atoms with Crippen LogP contribution in [-0.2, 0) is 4.74 Å². The molecule has 1 aromatic heterocycles. The molecule has 0 radical (unpaired) electrons. The van der Waals surface area contributed by atoms with Gasteiger partial charge in [0.1, 0.15) is 5.70 Å². The lowest BCUT2D eigenvalue weighted by Crippen LogP contribution is -2.08. The first-order chi connectivity index (χ1) is 11.4. The second-order valence-corrected chi connectivity index (χ2v) is 4.40. The average molecular weight is 326 g/mol. The number of carbonyl (C=O) groups is 1. The summed E-state index contributed by atoms with van der Waals surface area (Å²) in [5, 5.41) is 0. The molecule has 1 rings (SSSR count). The van der Waals surface area contributed by atoms with Crippen LogP contribution in [0.2, 0.25) is 0 Å². The smallest absolute Gasteiger partial charge is 0.213 e. The summed E-state index contributed by atoms with van der Waals surface area (Å²) < 4.78 is 4.97. The minimum Gasteiger partial charge on any atom is -0.484 e. The van der Waals surface area contributed by atoms with Gasteiger partial charge in [-0.3, -0.25) is 9.78 Å². The van der Waals surface area contributed by atoms with Gasteiger partial charge in [0.25, 0.3) is 0 Å². The number of hydrogen-bond donors (Lipinski definition) is 0. The number of pyridine rings is 1. The maximum atomic E-state index is 12.4. The van der Waals surface area contributed by atoms with Gasteiger partial charge in [-0.1, -0.05) is 18.7 Å². The van der Waals surface area contributed by atoms with E-state index in [1.807, 2.05) is 13.8 Å². The van der Waals surface area contributed by atoms with Gasteiger partial charge in [0, 0.05) is 13.1 Å². The average Bonchev–Trinajstić information content (AvgIpc) is 2.61. The number of aromatic nitrogens is 1. The van der Waals surface area contributed by atoms with Gasteiger partial charge in [0.05, 0.1) is 18.4 Å². The van der Waals surface area contributed by atoms with E-state index in [4.69, 9.17) is 4.74 Å². The van der Waals surface area contributed by atoms with Crippen LogP contribution in [0.5, 0.6) is 0 Å². The molecule has 0 aliphatic heterocycles. The van der Waals surface area contributed by atoms with Crippen LogP contribution in [0.25, 0.3) is 6.08 Å². The third kappa shape index (κ3) is 7.90. The predicted molar refractivity (Wildman–Crippen MR) is 103 cm³/mol. The zero-order chi connectivity index (χ0) is 19.1. The van der Waals surface area contributed by atoms with E-state index in [-0.39, 0.29) is 5.78 Å². The molecule has 0 amide bonds. The number of ketones is 1. The van der Waals surface area contributed by atoms with Crippen molar-refractivity contribution >= 4 is 17.8 Å². The Morgan fingerprint density at radius 3 is 2.29 bits per heavy atom. The number of rotatable bonds is 4. The molecule has 0 saturated heterocycles. The summed E-state index contributed by atoms with van der Waals surface area (Å²) >= 11 is 0. The second-order valence-electron chi connectivity index (χ2n) is 4.40. The summed E-state index contributed by atoms with van der Waals surface area (Å²) in [6.07, 6.45) is 14.7. The Morgan fingerprint density at radius 2 is 1.88 bits per heavy atom. The minimum absolute atomic E-state index is 0.190. The Hall–Kier alpha value is -2.93. The molecule has 0 bridgehead atoms. The number of aryl methyl sites for hydroxylation is 1. The fourth-order valence-electron chi connectivity index (χ4n) is 1.52. The fourth-order valence-corrected chi connectivity index (χ4v) is 1.52. The lowest BCUT2D eigenvalue weighted by atomic mass is 10.0. The van der Waals surface area contributed by atoms with Crippen LogP contribution in [0.3, 0.4) is 0 Å². The number of nitrogens with zero attached hydrogens (tertiary/aromatic N) is 2. The van der Waals surface area contributed by atoms with Gasteiger partial charge < -0.3 is 4.74 Å². The first-order valence-electron chi connectivity index (χ1n) is 7.24. The number of ether oxygens (including phenoxy) is 1. The second kappa shape index (κ2) is 13.7. The predicted octanol–water partition coefficient (Wildman–Crippen LogP) is 4.63. The molecular formula is C20H26N2O2. The van der Waals surface area contributed by atoms with Gasteiger partial charge in [-0.15, -0.1) is 19.4 Å². The molecule has 0 atom stereocenters. The number of methoxy groups -OCH3 is 1. The summed E-state index contributed by atoms with van der Waals surface area (Å²) in [5.74, 6) is 0.243. The van der Waals surface area contributed by atoms with Crippen molar-refractivity contribution in [1.82, 2.24) is 4.98 Å². The Balaban J connectivity index is 0. The summed E-state index contributed by atoms with van der Waals surface area (Å²) in [4.78, 5) is 20.8. The van der Waals surface area contributed by atoms with E-state index in [1.54, 1.807) is 44.3 Å². The van der Waals surface area contributed by atoms with Crippen LogP contribution in [0.1, 0.15) is 42.4 Å². The zero-order valence-corrected chi connectivity index (χ0v) is 15.2. The van der Waals surface area contributed by atoms with E-state index in [0.717, 1.165) is 5.56 Å². The van der Waals surface area contributed by atoms with Crippen molar-refractivity contribution in [2.24, 2.45) is 4.99 Å². The van der Waals surface area contributed by atoms with E-state index in [1.165, 1.54) is 7.11 Å². The summed E-state index contributed by atoms with van der Waals surface area (Å²) in [6.45, 7) is 14.3. The largest absolute Gasteiger partial charge is 0.484 e. The molecule has 0 N–H and O–H groups in total.